The van der Waals surface area contributed by atoms with E-state index in [4.69, 9.17) is 27.9 Å². The van der Waals surface area contributed by atoms with Crippen molar-refractivity contribution in [2.75, 3.05) is 0 Å². The van der Waals surface area contributed by atoms with Crippen molar-refractivity contribution in [1.29, 1.82) is 0 Å². The summed E-state index contributed by atoms with van der Waals surface area (Å²) in [5.41, 5.74) is 3.30. The van der Waals surface area contributed by atoms with Gasteiger partial charge >= 0.3 is 0 Å². The van der Waals surface area contributed by atoms with E-state index in [1.807, 2.05) is 6.07 Å². The number of ether oxygens (including phenoxy) is 1. The van der Waals surface area contributed by atoms with Crippen molar-refractivity contribution < 1.29 is 4.74 Å². The van der Waals surface area contributed by atoms with Crippen LogP contribution in [0.1, 0.15) is 37.5 Å². The topological polar surface area (TPSA) is 21.3 Å². The van der Waals surface area contributed by atoms with Crippen LogP contribution in [-0.4, -0.2) is 5.54 Å². The lowest BCUT2D eigenvalue weighted by atomic mass is 10.1. The van der Waals surface area contributed by atoms with E-state index in [9.17, 15) is 0 Å². The maximum absolute atomic E-state index is 6.34. The molecule has 0 aliphatic rings. The molecule has 0 radical (unpaired) electrons. The normalized spacial score (nSPS) is 11.6. The molecule has 0 aromatic heterocycles. The molecule has 2 aromatic carbocycles. The van der Waals surface area contributed by atoms with E-state index in [1.165, 1.54) is 5.56 Å². The van der Waals surface area contributed by atoms with Crippen LogP contribution in [0.15, 0.2) is 36.4 Å². The first-order chi connectivity index (χ1) is 10.7. The number of halogens is 2. The van der Waals surface area contributed by atoms with Gasteiger partial charge < -0.3 is 10.1 Å². The second kappa shape index (κ2) is 7.57. The number of rotatable bonds is 5. The zero-order valence-corrected chi connectivity index (χ0v) is 15.6. The summed E-state index contributed by atoms with van der Waals surface area (Å²) in [4.78, 5) is 0. The molecular weight excluding hydrogens is 329 g/mol. The molecule has 0 heterocycles. The maximum Gasteiger partial charge on any atom is 0.142 e. The van der Waals surface area contributed by atoms with E-state index in [1.54, 1.807) is 6.07 Å². The lowest BCUT2D eigenvalue weighted by Crippen LogP contribution is -2.35. The van der Waals surface area contributed by atoms with Gasteiger partial charge in [0.2, 0.25) is 0 Å². The Morgan fingerprint density at radius 1 is 1.04 bits per heavy atom. The second-order valence-electron chi connectivity index (χ2n) is 6.75. The van der Waals surface area contributed by atoms with Crippen LogP contribution in [0.5, 0.6) is 5.75 Å². The summed E-state index contributed by atoms with van der Waals surface area (Å²) < 4.78 is 5.98. The van der Waals surface area contributed by atoms with Crippen molar-refractivity contribution in [1.82, 2.24) is 5.32 Å². The fraction of sp³-hybridized carbons (Fsp3) is 0.368. The summed E-state index contributed by atoms with van der Waals surface area (Å²) in [6.07, 6.45) is 0. The smallest absolute Gasteiger partial charge is 0.142 e. The zero-order chi connectivity index (χ0) is 17.0. The van der Waals surface area contributed by atoms with Gasteiger partial charge in [-0.25, -0.2) is 0 Å². The summed E-state index contributed by atoms with van der Waals surface area (Å²) in [5.74, 6) is 0.688. The van der Waals surface area contributed by atoms with E-state index in [2.05, 4.69) is 57.3 Å². The molecule has 2 aromatic rings. The molecule has 0 saturated carbocycles. The third-order valence-electron chi connectivity index (χ3n) is 3.40. The van der Waals surface area contributed by atoms with Gasteiger partial charge in [0, 0.05) is 22.7 Å². The fourth-order valence-corrected chi connectivity index (χ4v) is 2.70. The van der Waals surface area contributed by atoms with Gasteiger partial charge in [-0.15, -0.1) is 0 Å². The standard InChI is InChI=1S/C19H23Cl2NO/c1-13-5-7-14(8-6-13)12-23-18-15(11-22-19(2,3)4)9-16(20)10-17(18)21/h5-10,22H,11-12H2,1-4H3. The molecule has 23 heavy (non-hydrogen) atoms. The Hall–Kier alpha value is -1.22. The van der Waals surface area contributed by atoms with Crippen LogP contribution in [0.2, 0.25) is 10.0 Å². The third kappa shape index (κ3) is 5.72. The number of hydrogen-bond acceptors (Lipinski definition) is 2. The molecule has 0 aliphatic carbocycles. The van der Waals surface area contributed by atoms with Gasteiger partial charge in [0.15, 0.2) is 0 Å². The first-order valence-electron chi connectivity index (χ1n) is 7.66. The molecule has 0 spiro atoms. The molecule has 0 atom stereocenters. The van der Waals surface area contributed by atoms with Crippen molar-refractivity contribution >= 4 is 23.2 Å². The third-order valence-corrected chi connectivity index (χ3v) is 3.90. The first kappa shape index (κ1) is 18.1. The van der Waals surface area contributed by atoms with Crippen molar-refractivity contribution in [2.24, 2.45) is 0 Å². The predicted octanol–water partition coefficient (Wildman–Crippen LogP) is 5.77. The van der Waals surface area contributed by atoms with Crippen LogP contribution >= 0.6 is 23.2 Å². The average molecular weight is 352 g/mol. The molecule has 0 unspecified atom stereocenters. The largest absolute Gasteiger partial charge is 0.487 e. The van der Waals surface area contributed by atoms with E-state index in [0.717, 1.165) is 11.1 Å². The van der Waals surface area contributed by atoms with Crippen molar-refractivity contribution in [2.45, 2.75) is 46.4 Å². The number of aryl methyl sites for hydroxylation is 1. The van der Waals surface area contributed by atoms with Crippen molar-refractivity contribution in [3.8, 4) is 5.75 Å². The van der Waals surface area contributed by atoms with Crippen molar-refractivity contribution in [3.05, 3.63) is 63.1 Å². The van der Waals surface area contributed by atoms with Crippen LogP contribution in [0.4, 0.5) is 0 Å². The van der Waals surface area contributed by atoms with E-state index in [-0.39, 0.29) is 5.54 Å². The van der Waals surface area contributed by atoms with Crippen LogP contribution in [0.25, 0.3) is 0 Å². The van der Waals surface area contributed by atoms with Gasteiger partial charge in [-0.1, -0.05) is 53.0 Å². The van der Waals surface area contributed by atoms with Gasteiger partial charge in [0.05, 0.1) is 5.02 Å². The van der Waals surface area contributed by atoms with Gasteiger partial charge in [0.25, 0.3) is 0 Å². The van der Waals surface area contributed by atoms with Gasteiger partial charge in [-0.05, 0) is 45.4 Å². The molecule has 0 bridgehead atoms. The Kier molecular flexibility index (Phi) is 5.96. The Labute approximate surface area is 148 Å². The SMILES string of the molecule is Cc1ccc(COc2c(Cl)cc(Cl)cc2CNC(C)(C)C)cc1. The highest BCUT2D eigenvalue weighted by molar-refractivity contribution is 6.35. The maximum atomic E-state index is 6.34. The van der Waals surface area contributed by atoms with Crippen molar-refractivity contribution in [3.63, 3.8) is 0 Å². The van der Waals surface area contributed by atoms with Crippen LogP contribution < -0.4 is 10.1 Å². The lowest BCUT2D eigenvalue weighted by Gasteiger charge is -2.22. The zero-order valence-electron chi connectivity index (χ0n) is 14.0. The monoisotopic (exact) mass is 351 g/mol. The molecule has 124 valence electrons. The fourth-order valence-electron chi connectivity index (χ4n) is 2.11. The number of hydrogen-bond donors (Lipinski definition) is 1. The van der Waals surface area contributed by atoms with Crippen LogP contribution in [-0.2, 0) is 13.2 Å². The van der Waals surface area contributed by atoms with Gasteiger partial charge in [-0.2, -0.15) is 0 Å². The summed E-state index contributed by atoms with van der Waals surface area (Å²) in [5, 5.41) is 4.59. The molecule has 0 amide bonds. The highest BCUT2D eigenvalue weighted by atomic mass is 35.5. The summed E-state index contributed by atoms with van der Waals surface area (Å²) >= 11 is 12.5. The molecule has 2 nitrogen and oxygen atoms in total. The molecule has 1 N–H and O–H groups in total. The minimum Gasteiger partial charge on any atom is -0.487 e. The Bertz CT molecular complexity index is 660. The quantitative estimate of drug-likeness (QED) is 0.738. The van der Waals surface area contributed by atoms with Crippen LogP contribution in [0, 0.1) is 6.92 Å². The molecule has 0 aliphatic heterocycles. The summed E-state index contributed by atoms with van der Waals surface area (Å²) in [6, 6.07) is 11.9. The van der Waals surface area contributed by atoms with E-state index in [0.29, 0.717) is 28.9 Å². The number of benzene rings is 2. The average Bonchev–Trinajstić information content (AvgIpc) is 2.45. The summed E-state index contributed by atoms with van der Waals surface area (Å²) in [7, 11) is 0. The van der Waals surface area contributed by atoms with Gasteiger partial charge in [0.1, 0.15) is 12.4 Å². The summed E-state index contributed by atoms with van der Waals surface area (Å²) in [6.45, 7) is 9.54. The minimum absolute atomic E-state index is 0.00300. The van der Waals surface area contributed by atoms with E-state index >= 15 is 0 Å². The first-order valence-corrected chi connectivity index (χ1v) is 8.41. The molecule has 4 heteroatoms. The minimum atomic E-state index is 0.00300. The Morgan fingerprint density at radius 2 is 1.70 bits per heavy atom. The molecule has 0 fully saturated rings. The molecule has 2 rings (SSSR count). The highest BCUT2D eigenvalue weighted by Crippen LogP contribution is 2.33. The Morgan fingerprint density at radius 3 is 2.30 bits per heavy atom. The Balaban J connectivity index is 2.17. The predicted molar refractivity (Wildman–Crippen MR) is 98.6 cm³/mol. The molecular formula is C19H23Cl2NO. The number of nitrogens with one attached hydrogen (secondary N) is 1. The molecule has 0 saturated heterocycles. The van der Waals surface area contributed by atoms with Crippen LogP contribution in [0.3, 0.4) is 0 Å². The second-order valence-corrected chi connectivity index (χ2v) is 7.60. The van der Waals surface area contributed by atoms with E-state index < -0.39 is 0 Å². The lowest BCUT2D eigenvalue weighted by molar-refractivity contribution is 0.300. The highest BCUT2D eigenvalue weighted by Gasteiger charge is 2.14. The van der Waals surface area contributed by atoms with Gasteiger partial charge in [-0.3, -0.25) is 0 Å².